The summed E-state index contributed by atoms with van der Waals surface area (Å²) in [5.74, 6) is 0.720. The summed E-state index contributed by atoms with van der Waals surface area (Å²) in [4.78, 5) is 10.2. The van der Waals surface area contributed by atoms with Crippen LogP contribution in [0, 0.1) is 13.8 Å². The average Bonchev–Trinajstić information content (AvgIpc) is 2.92. The highest BCUT2D eigenvalue weighted by molar-refractivity contribution is 7.91. The Bertz CT molecular complexity index is 885. The Morgan fingerprint density at radius 3 is 2.60 bits per heavy atom. The molecule has 2 aromatic heterocycles. The normalized spacial score (nSPS) is 12.2. The van der Waals surface area contributed by atoms with E-state index in [0.717, 1.165) is 16.2 Å². The van der Waals surface area contributed by atoms with E-state index in [2.05, 4.69) is 29.9 Å². The van der Waals surface area contributed by atoms with Crippen molar-refractivity contribution in [1.29, 1.82) is 0 Å². The quantitative estimate of drug-likeness (QED) is 0.790. The van der Waals surface area contributed by atoms with Crippen molar-refractivity contribution in [2.45, 2.75) is 18.7 Å². The van der Waals surface area contributed by atoms with Gasteiger partial charge in [0.2, 0.25) is 0 Å². The maximum Gasteiger partial charge on any atom is 0.177 e. The first-order valence-electron chi connectivity index (χ1n) is 6.12. The van der Waals surface area contributed by atoms with Crippen LogP contribution in [-0.2, 0) is 9.84 Å². The molecule has 0 atom stereocenters. The Balaban J connectivity index is 2.26. The van der Waals surface area contributed by atoms with Gasteiger partial charge in [-0.05, 0) is 37.6 Å². The van der Waals surface area contributed by atoms with Crippen LogP contribution >= 0.6 is 11.3 Å². The van der Waals surface area contributed by atoms with Crippen LogP contribution in [0.5, 0.6) is 0 Å². The molecule has 104 valence electrons. The molecular formula is C14H14N2O2S2. The van der Waals surface area contributed by atoms with Gasteiger partial charge in [0.05, 0.1) is 15.3 Å². The zero-order valence-electron chi connectivity index (χ0n) is 11.4. The molecule has 0 amide bonds. The molecule has 0 fully saturated rings. The maximum atomic E-state index is 11.8. The van der Waals surface area contributed by atoms with E-state index in [1.54, 1.807) is 23.5 Å². The van der Waals surface area contributed by atoms with Crippen molar-refractivity contribution < 1.29 is 8.42 Å². The fraction of sp³-hybridized carbons (Fsp3) is 0.214. The lowest BCUT2D eigenvalue weighted by atomic mass is 10.3. The summed E-state index contributed by atoms with van der Waals surface area (Å²) < 4.78 is 23.6. The second-order valence-electron chi connectivity index (χ2n) is 4.86. The SMILES string of the molecule is Cc1cc(-c2nc3c(S(C)(=O)=O)cccc3[nH]2)sc1C. The number of nitrogens with zero attached hydrogens (tertiary/aromatic N) is 1. The van der Waals surface area contributed by atoms with E-state index in [-0.39, 0.29) is 4.90 Å². The van der Waals surface area contributed by atoms with Crippen LogP contribution in [0.15, 0.2) is 29.2 Å². The van der Waals surface area contributed by atoms with Gasteiger partial charge in [0.15, 0.2) is 9.84 Å². The second-order valence-corrected chi connectivity index (χ2v) is 8.10. The molecule has 6 heteroatoms. The Morgan fingerprint density at radius 1 is 1.25 bits per heavy atom. The molecule has 20 heavy (non-hydrogen) atoms. The minimum Gasteiger partial charge on any atom is -0.337 e. The minimum absolute atomic E-state index is 0.266. The third-order valence-electron chi connectivity index (χ3n) is 3.27. The number of hydrogen-bond acceptors (Lipinski definition) is 4. The number of fused-ring (bicyclic) bond motifs is 1. The Morgan fingerprint density at radius 2 is 2.00 bits per heavy atom. The molecule has 0 unspecified atom stereocenters. The molecule has 0 saturated heterocycles. The molecule has 0 aliphatic carbocycles. The molecule has 0 spiro atoms. The maximum absolute atomic E-state index is 11.8. The smallest absolute Gasteiger partial charge is 0.177 e. The Hall–Kier alpha value is -1.66. The van der Waals surface area contributed by atoms with Crippen molar-refractivity contribution in [3.63, 3.8) is 0 Å². The summed E-state index contributed by atoms with van der Waals surface area (Å²) in [6, 6.07) is 7.23. The van der Waals surface area contributed by atoms with Gasteiger partial charge in [0.25, 0.3) is 0 Å². The van der Waals surface area contributed by atoms with Gasteiger partial charge >= 0.3 is 0 Å². The monoisotopic (exact) mass is 306 g/mol. The van der Waals surface area contributed by atoms with E-state index in [9.17, 15) is 8.42 Å². The van der Waals surface area contributed by atoms with Gasteiger partial charge in [-0.3, -0.25) is 0 Å². The van der Waals surface area contributed by atoms with Crippen LogP contribution in [0.3, 0.4) is 0 Å². The standard InChI is InChI=1S/C14H14N2O2S2/c1-8-7-11(19-9(8)2)14-15-10-5-4-6-12(13(10)16-14)20(3,17)18/h4-7H,1-3H3,(H,15,16). The van der Waals surface area contributed by atoms with Gasteiger partial charge in [-0.1, -0.05) is 6.07 Å². The third-order valence-corrected chi connectivity index (χ3v) is 5.56. The molecule has 1 aromatic carbocycles. The predicted molar refractivity (Wildman–Crippen MR) is 82.0 cm³/mol. The molecule has 1 N–H and O–H groups in total. The van der Waals surface area contributed by atoms with Crippen LogP contribution in [0.2, 0.25) is 0 Å². The number of sulfone groups is 1. The zero-order valence-corrected chi connectivity index (χ0v) is 13.0. The molecule has 0 bridgehead atoms. The molecule has 0 aliphatic rings. The van der Waals surface area contributed by atoms with Gasteiger partial charge in [0.1, 0.15) is 11.3 Å². The molecule has 0 aliphatic heterocycles. The van der Waals surface area contributed by atoms with Gasteiger partial charge in [-0.25, -0.2) is 13.4 Å². The number of nitrogens with one attached hydrogen (secondary N) is 1. The van der Waals surface area contributed by atoms with Crippen molar-refractivity contribution >= 4 is 32.2 Å². The zero-order chi connectivity index (χ0) is 14.5. The number of imidazole rings is 1. The van der Waals surface area contributed by atoms with Gasteiger partial charge < -0.3 is 4.98 Å². The molecule has 4 nitrogen and oxygen atoms in total. The van der Waals surface area contributed by atoms with E-state index in [1.807, 2.05) is 6.07 Å². The van der Waals surface area contributed by atoms with Gasteiger partial charge in [-0.15, -0.1) is 11.3 Å². The lowest BCUT2D eigenvalue weighted by molar-refractivity contribution is 0.602. The topological polar surface area (TPSA) is 62.8 Å². The summed E-state index contributed by atoms with van der Waals surface area (Å²) in [5, 5.41) is 0. The number of aromatic nitrogens is 2. The van der Waals surface area contributed by atoms with Crippen LogP contribution < -0.4 is 0 Å². The third kappa shape index (κ3) is 2.14. The summed E-state index contributed by atoms with van der Waals surface area (Å²) in [6.45, 7) is 4.12. The molecule has 0 radical (unpaired) electrons. The first-order valence-corrected chi connectivity index (χ1v) is 8.83. The highest BCUT2D eigenvalue weighted by atomic mass is 32.2. The summed E-state index contributed by atoms with van der Waals surface area (Å²) in [5.41, 5.74) is 2.47. The molecule has 3 aromatic rings. The van der Waals surface area contributed by atoms with E-state index < -0.39 is 9.84 Å². The highest BCUT2D eigenvalue weighted by Gasteiger charge is 2.16. The Kier molecular flexibility index (Phi) is 2.95. The van der Waals surface area contributed by atoms with E-state index in [1.165, 1.54) is 16.7 Å². The fourth-order valence-electron chi connectivity index (χ4n) is 2.11. The van der Waals surface area contributed by atoms with E-state index in [0.29, 0.717) is 5.52 Å². The molecule has 3 rings (SSSR count). The summed E-state index contributed by atoms with van der Waals surface area (Å²) in [6.07, 6.45) is 1.20. The van der Waals surface area contributed by atoms with Gasteiger partial charge in [0, 0.05) is 11.1 Å². The average molecular weight is 306 g/mol. The number of thiophene rings is 1. The lowest BCUT2D eigenvalue weighted by Crippen LogP contribution is -1.97. The number of rotatable bonds is 2. The first kappa shape index (κ1) is 13.3. The van der Waals surface area contributed by atoms with Crippen molar-refractivity contribution in [3.05, 3.63) is 34.7 Å². The lowest BCUT2D eigenvalue weighted by Gasteiger charge is -1.97. The van der Waals surface area contributed by atoms with E-state index >= 15 is 0 Å². The van der Waals surface area contributed by atoms with Crippen LogP contribution in [0.1, 0.15) is 10.4 Å². The number of aromatic amines is 1. The fourth-order valence-corrected chi connectivity index (χ4v) is 3.92. The molecular weight excluding hydrogens is 292 g/mol. The van der Waals surface area contributed by atoms with Crippen LogP contribution in [-0.4, -0.2) is 24.6 Å². The summed E-state index contributed by atoms with van der Waals surface area (Å²) in [7, 11) is -3.28. The highest BCUT2D eigenvalue weighted by Crippen LogP contribution is 2.31. The number of benzene rings is 1. The summed E-state index contributed by atoms with van der Waals surface area (Å²) >= 11 is 1.65. The largest absolute Gasteiger partial charge is 0.337 e. The number of H-pyrrole nitrogens is 1. The van der Waals surface area contributed by atoms with Crippen LogP contribution in [0.4, 0.5) is 0 Å². The van der Waals surface area contributed by atoms with Crippen LogP contribution in [0.25, 0.3) is 21.7 Å². The van der Waals surface area contributed by atoms with Crippen molar-refractivity contribution in [2.24, 2.45) is 0 Å². The first-order chi connectivity index (χ1) is 9.36. The van der Waals surface area contributed by atoms with Crippen molar-refractivity contribution in [3.8, 4) is 10.7 Å². The minimum atomic E-state index is -3.28. The number of hydrogen-bond donors (Lipinski definition) is 1. The predicted octanol–water partition coefficient (Wildman–Crippen LogP) is 3.31. The number of aryl methyl sites for hydroxylation is 2. The van der Waals surface area contributed by atoms with Crippen molar-refractivity contribution in [1.82, 2.24) is 9.97 Å². The van der Waals surface area contributed by atoms with E-state index in [4.69, 9.17) is 0 Å². The van der Waals surface area contributed by atoms with Crippen molar-refractivity contribution in [2.75, 3.05) is 6.26 Å². The number of para-hydroxylation sites is 1. The van der Waals surface area contributed by atoms with Gasteiger partial charge in [-0.2, -0.15) is 0 Å². The molecule has 0 saturated carbocycles. The second kappa shape index (κ2) is 4.43. The molecule has 2 heterocycles. The Labute approximate surface area is 121 Å².